The summed E-state index contributed by atoms with van der Waals surface area (Å²) in [5.41, 5.74) is 4.56. The van der Waals surface area contributed by atoms with Gasteiger partial charge in [0.25, 0.3) is 11.8 Å². The number of fused-ring (bicyclic) bond motifs is 1. The maximum atomic E-state index is 13.8. The molecule has 5 nitrogen and oxygen atoms in total. The second kappa shape index (κ2) is 12.9. The van der Waals surface area contributed by atoms with E-state index in [1.54, 1.807) is 0 Å². The molecule has 0 bridgehead atoms. The number of rotatable bonds is 8. The van der Waals surface area contributed by atoms with E-state index in [-0.39, 0.29) is 11.8 Å². The lowest BCUT2D eigenvalue weighted by molar-refractivity contribution is -0.114. The van der Waals surface area contributed by atoms with Gasteiger partial charge in [-0.1, -0.05) is 85.8 Å². The first kappa shape index (κ1) is 28.2. The highest BCUT2D eigenvalue weighted by atomic mass is 32.2. The molecule has 0 aliphatic carbocycles. The van der Waals surface area contributed by atoms with Crippen molar-refractivity contribution in [1.82, 2.24) is 10.2 Å². The zero-order valence-electron chi connectivity index (χ0n) is 23.7. The zero-order chi connectivity index (χ0) is 28.1. The summed E-state index contributed by atoms with van der Waals surface area (Å²) in [6.07, 6.45) is 4.18. The second-order valence-corrected chi connectivity index (χ2v) is 12.5. The summed E-state index contributed by atoms with van der Waals surface area (Å²) < 4.78 is 0. The van der Waals surface area contributed by atoms with E-state index in [1.807, 2.05) is 71.6 Å². The summed E-state index contributed by atoms with van der Waals surface area (Å²) in [4.78, 5) is 32.9. The first-order chi connectivity index (χ1) is 19.4. The van der Waals surface area contributed by atoms with E-state index in [4.69, 9.17) is 0 Å². The van der Waals surface area contributed by atoms with E-state index in [1.165, 1.54) is 18.2 Å². The van der Waals surface area contributed by atoms with Crippen molar-refractivity contribution in [1.29, 1.82) is 0 Å². The van der Waals surface area contributed by atoms with Crippen LogP contribution in [0.4, 0.5) is 5.69 Å². The van der Waals surface area contributed by atoms with E-state index < -0.39 is 0 Å². The smallest absolute Gasteiger partial charge is 0.265 e. The maximum Gasteiger partial charge on any atom is 0.265 e. The van der Waals surface area contributed by atoms with Crippen LogP contribution < -0.4 is 10.2 Å². The minimum atomic E-state index is -0.0956. The first-order valence-corrected chi connectivity index (χ1v) is 15.1. The minimum Gasteiger partial charge on any atom is -0.352 e. The van der Waals surface area contributed by atoms with Crippen molar-refractivity contribution in [2.75, 3.05) is 31.1 Å². The van der Waals surface area contributed by atoms with Crippen molar-refractivity contribution in [3.63, 3.8) is 0 Å². The third-order valence-corrected chi connectivity index (χ3v) is 8.67. The van der Waals surface area contributed by atoms with E-state index in [0.717, 1.165) is 65.2 Å². The van der Waals surface area contributed by atoms with Crippen LogP contribution in [-0.2, 0) is 11.3 Å². The molecule has 1 fully saturated rings. The molecule has 5 rings (SSSR count). The highest BCUT2D eigenvalue weighted by Gasteiger charge is 2.30. The molecule has 0 saturated carbocycles. The Morgan fingerprint density at radius 2 is 1.77 bits per heavy atom. The zero-order valence-corrected chi connectivity index (χ0v) is 24.5. The van der Waals surface area contributed by atoms with Crippen molar-refractivity contribution in [3.8, 4) is 0 Å². The van der Waals surface area contributed by atoms with Crippen molar-refractivity contribution >= 4 is 35.3 Å². The van der Waals surface area contributed by atoms with Crippen LogP contribution in [-0.4, -0.2) is 42.9 Å². The van der Waals surface area contributed by atoms with Crippen molar-refractivity contribution in [3.05, 3.63) is 100.0 Å². The Hall–Kier alpha value is -3.35. The third-order valence-electron chi connectivity index (χ3n) is 7.59. The van der Waals surface area contributed by atoms with Crippen molar-refractivity contribution < 1.29 is 9.59 Å². The molecular formula is C34H39N3O2S. The standard InChI is InChI=1S/C34H39N3O2S/c1-24-9-7-12-28(18-24)23-37-30-20-29(33(38)35-15-8-16-36-21-25(2)17-26(3)22-36)13-14-31(30)40-32(34(37)39)19-27-10-5-4-6-11-27/h4-7,9-14,18-20,25-26H,8,15-17,21-23H2,1-3H3,(H,35,38)/b32-19-/t25-,26-/m1/s1. The van der Waals surface area contributed by atoms with Gasteiger partial charge >= 0.3 is 0 Å². The summed E-state index contributed by atoms with van der Waals surface area (Å²) in [6, 6.07) is 23.9. The molecule has 1 saturated heterocycles. The lowest BCUT2D eigenvalue weighted by Crippen LogP contribution is -2.40. The van der Waals surface area contributed by atoms with Gasteiger partial charge in [0.05, 0.1) is 17.1 Å². The number of hydrogen-bond acceptors (Lipinski definition) is 4. The van der Waals surface area contributed by atoms with Gasteiger partial charge in [-0.25, -0.2) is 0 Å². The Kier molecular flexibility index (Phi) is 9.08. The van der Waals surface area contributed by atoms with Crippen LogP contribution in [0.2, 0.25) is 0 Å². The maximum absolute atomic E-state index is 13.8. The molecule has 2 heterocycles. The SMILES string of the molecule is Cc1cccc(CN2C(=O)/C(=C/c3ccccc3)Sc3ccc(C(=O)NCCCN4C[C@H](C)C[C@@H](C)C4)cc32)c1. The van der Waals surface area contributed by atoms with Crippen molar-refractivity contribution in [2.45, 2.75) is 45.1 Å². The van der Waals surface area contributed by atoms with E-state index in [0.29, 0.717) is 23.6 Å². The number of anilines is 1. The summed E-state index contributed by atoms with van der Waals surface area (Å²) >= 11 is 1.47. The molecule has 2 atom stereocenters. The fourth-order valence-corrected chi connectivity index (χ4v) is 6.92. The monoisotopic (exact) mass is 553 g/mol. The van der Waals surface area contributed by atoms with Gasteiger partial charge < -0.3 is 15.1 Å². The Morgan fingerprint density at radius 1 is 1.00 bits per heavy atom. The Balaban J connectivity index is 1.32. The van der Waals surface area contributed by atoms with Gasteiger partial charge in [-0.2, -0.15) is 0 Å². The topological polar surface area (TPSA) is 52.7 Å². The molecule has 0 spiro atoms. The predicted octanol–water partition coefficient (Wildman–Crippen LogP) is 6.77. The largest absolute Gasteiger partial charge is 0.352 e. The molecule has 0 radical (unpaired) electrons. The van der Waals surface area contributed by atoms with Gasteiger partial charge in [0.2, 0.25) is 0 Å². The highest BCUT2D eigenvalue weighted by molar-refractivity contribution is 8.04. The molecule has 3 aromatic carbocycles. The Bertz CT molecular complexity index is 1380. The fourth-order valence-electron chi connectivity index (χ4n) is 5.88. The summed E-state index contributed by atoms with van der Waals surface area (Å²) in [5, 5.41) is 3.11. The van der Waals surface area contributed by atoms with Crippen LogP contribution in [0, 0.1) is 18.8 Å². The third kappa shape index (κ3) is 7.04. The molecule has 208 valence electrons. The molecular weight excluding hydrogens is 514 g/mol. The van der Waals surface area contributed by atoms with Gasteiger partial charge in [-0.3, -0.25) is 9.59 Å². The molecule has 0 unspecified atom stereocenters. The molecule has 6 heteroatoms. The number of likely N-dealkylation sites (tertiary alicyclic amines) is 1. The molecule has 2 amide bonds. The van der Waals surface area contributed by atoms with Crippen LogP contribution in [0.15, 0.2) is 82.6 Å². The van der Waals surface area contributed by atoms with Crippen LogP contribution in [0.25, 0.3) is 6.08 Å². The summed E-state index contributed by atoms with van der Waals surface area (Å²) in [5.74, 6) is 1.33. The number of benzene rings is 3. The summed E-state index contributed by atoms with van der Waals surface area (Å²) in [7, 11) is 0. The number of piperidine rings is 1. The van der Waals surface area contributed by atoms with Crippen LogP contribution in [0.5, 0.6) is 0 Å². The van der Waals surface area contributed by atoms with E-state index in [2.05, 4.69) is 43.1 Å². The number of nitrogens with one attached hydrogen (secondary N) is 1. The molecule has 40 heavy (non-hydrogen) atoms. The number of carbonyl (C=O) groups excluding carboxylic acids is 2. The molecule has 3 aromatic rings. The quantitative estimate of drug-likeness (QED) is 0.247. The van der Waals surface area contributed by atoms with Gasteiger partial charge in [-0.15, -0.1) is 0 Å². The van der Waals surface area contributed by atoms with Gasteiger partial charge in [-0.05, 0) is 73.5 Å². The molecule has 0 aromatic heterocycles. The van der Waals surface area contributed by atoms with Crippen LogP contribution in [0.1, 0.15) is 53.7 Å². The van der Waals surface area contributed by atoms with Crippen molar-refractivity contribution in [2.24, 2.45) is 11.8 Å². The fraction of sp³-hybridized carbons (Fsp3) is 0.353. The lowest BCUT2D eigenvalue weighted by Gasteiger charge is -2.34. The van der Waals surface area contributed by atoms with Gasteiger partial charge in [0, 0.05) is 30.1 Å². The second-order valence-electron chi connectivity index (χ2n) is 11.4. The number of thioether (sulfide) groups is 1. The number of carbonyl (C=O) groups is 2. The van der Waals surface area contributed by atoms with Crippen LogP contribution in [0.3, 0.4) is 0 Å². The van der Waals surface area contributed by atoms with Gasteiger partial charge in [0.15, 0.2) is 0 Å². The molecule has 1 N–H and O–H groups in total. The average molecular weight is 554 g/mol. The Labute approximate surface area is 242 Å². The summed E-state index contributed by atoms with van der Waals surface area (Å²) in [6.45, 7) is 11.1. The predicted molar refractivity (Wildman–Crippen MR) is 165 cm³/mol. The molecule has 2 aliphatic heterocycles. The number of hydrogen-bond donors (Lipinski definition) is 1. The van der Waals surface area contributed by atoms with E-state index >= 15 is 0 Å². The number of aryl methyl sites for hydroxylation is 1. The Morgan fingerprint density at radius 3 is 2.52 bits per heavy atom. The number of amides is 2. The first-order valence-electron chi connectivity index (χ1n) is 14.3. The highest BCUT2D eigenvalue weighted by Crippen LogP contribution is 2.43. The average Bonchev–Trinajstić information content (AvgIpc) is 2.93. The van der Waals surface area contributed by atoms with E-state index in [9.17, 15) is 9.59 Å². The number of nitrogens with zero attached hydrogens (tertiary/aromatic N) is 2. The normalized spacial score (nSPS) is 20.4. The minimum absolute atomic E-state index is 0.0506. The lowest BCUT2D eigenvalue weighted by atomic mass is 9.92. The van der Waals surface area contributed by atoms with Crippen LogP contribution >= 0.6 is 11.8 Å². The molecule has 2 aliphatic rings. The van der Waals surface area contributed by atoms with Gasteiger partial charge in [0.1, 0.15) is 0 Å².